The second-order valence-electron chi connectivity index (χ2n) is 5.81. The fourth-order valence-electron chi connectivity index (χ4n) is 3.04. The minimum Gasteiger partial charge on any atom is -0.508 e. The Balaban J connectivity index is 1.72. The molecule has 3 rings (SSSR count). The van der Waals surface area contributed by atoms with Crippen molar-refractivity contribution >= 4 is 0 Å². The molecule has 2 heterocycles. The van der Waals surface area contributed by atoms with Crippen LogP contribution >= 0.6 is 0 Å². The van der Waals surface area contributed by atoms with Crippen LogP contribution in [0.4, 0.5) is 0 Å². The molecule has 0 saturated carbocycles. The largest absolute Gasteiger partial charge is 0.508 e. The lowest BCUT2D eigenvalue weighted by Crippen LogP contribution is -2.34. The first-order valence-electron chi connectivity index (χ1n) is 7.78. The number of aromatic nitrogens is 1. The van der Waals surface area contributed by atoms with E-state index in [-0.39, 0.29) is 0 Å². The van der Waals surface area contributed by atoms with Gasteiger partial charge >= 0.3 is 0 Å². The van der Waals surface area contributed by atoms with E-state index >= 15 is 0 Å². The smallest absolute Gasteiger partial charge is 0.116 e. The second-order valence-corrected chi connectivity index (χ2v) is 5.81. The standard InChI is InChI=1S/C18H22N2O/c21-18-12-14(4-5-17-3-1-2-8-20-17)11-16(13-18)15-6-9-19-10-7-15/h6-7,9-13,17,20-21H,1-5,8H2/t17-/m0/s1. The van der Waals surface area contributed by atoms with E-state index in [0.717, 1.165) is 30.5 Å². The van der Waals surface area contributed by atoms with Gasteiger partial charge in [-0.15, -0.1) is 0 Å². The second kappa shape index (κ2) is 6.72. The van der Waals surface area contributed by atoms with E-state index in [4.69, 9.17) is 0 Å². The number of piperidine rings is 1. The third-order valence-electron chi connectivity index (χ3n) is 4.19. The third-order valence-corrected chi connectivity index (χ3v) is 4.19. The van der Waals surface area contributed by atoms with E-state index in [1.165, 1.54) is 24.8 Å². The van der Waals surface area contributed by atoms with Crippen molar-refractivity contribution in [3.63, 3.8) is 0 Å². The van der Waals surface area contributed by atoms with Crippen LogP contribution in [0.1, 0.15) is 31.2 Å². The molecule has 0 bridgehead atoms. The molecule has 1 aromatic heterocycles. The molecule has 0 amide bonds. The van der Waals surface area contributed by atoms with Gasteiger partial charge in [-0.3, -0.25) is 4.98 Å². The molecule has 0 unspecified atom stereocenters. The van der Waals surface area contributed by atoms with Crippen LogP contribution in [-0.2, 0) is 6.42 Å². The van der Waals surface area contributed by atoms with Crippen molar-refractivity contribution in [2.75, 3.05) is 6.54 Å². The van der Waals surface area contributed by atoms with Crippen molar-refractivity contribution in [3.05, 3.63) is 48.3 Å². The fourth-order valence-corrected chi connectivity index (χ4v) is 3.04. The minimum absolute atomic E-state index is 0.343. The van der Waals surface area contributed by atoms with Gasteiger partial charge in [-0.1, -0.05) is 12.5 Å². The molecule has 1 aliphatic rings. The van der Waals surface area contributed by atoms with Gasteiger partial charge in [0.05, 0.1) is 0 Å². The Labute approximate surface area is 126 Å². The summed E-state index contributed by atoms with van der Waals surface area (Å²) >= 11 is 0. The molecule has 21 heavy (non-hydrogen) atoms. The Morgan fingerprint density at radius 2 is 1.95 bits per heavy atom. The summed E-state index contributed by atoms with van der Waals surface area (Å²) in [5, 5.41) is 13.5. The summed E-state index contributed by atoms with van der Waals surface area (Å²) in [6.07, 6.45) is 9.62. The number of aryl methyl sites for hydroxylation is 1. The fraction of sp³-hybridized carbons (Fsp3) is 0.389. The van der Waals surface area contributed by atoms with Gasteiger partial charge < -0.3 is 10.4 Å². The summed E-state index contributed by atoms with van der Waals surface area (Å²) in [6.45, 7) is 1.15. The van der Waals surface area contributed by atoms with Gasteiger partial charge in [0, 0.05) is 18.4 Å². The zero-order valence-corrected chi connectivity index (χ0v) is 12.3. The first-order chi connectivity index (χ1) is 10.3. The number of aromatic hydroxyl groups is 1. The van der Waals surface area contributed by atoms with Gasteiger partial charge in [-0.25, -0.2) is 0 Å². The van der Waals surface area contributed by atoms with Gasteiger partial charge in [-0.05, 0) is 73.2 Å². The zero-order valence-electron chi connectivity index (χ0n) is 12.3. The maximum Gasteiger partial charge on any atom is 0.116 e. The topological polar surface area (TPSA) is 45.1 Å². The summed E-state index contributed by atoms with van der Waals surface area (Å²) < 4.78 is 0. The van der Waals surface area contributed by atoms with Crippen molar-refractivity contribution in [2.24, 2.45) is 0 Å². The number of hydrogen-bond donors (Lipinski definition) is 2. The number of nitrogens with one attached hydrogen (secondary N) is 1. The number of hydrogen-bond acceptors (Lipinski definition) is 3. The molecule has 110 valence electrons. The van der Waals surface area contributed by atoms with E-state index in [1.54, 1.807) is 12.4 Å². The molecule has 1 aliphatic heterocycles. The van der Waals surface area contributed by atoms with Crippen molar-refractivity contribution in [3.8, 4) is 16.9 Å². The maximum atomic E-state index is 9.96. The van der Waals surface area contributed by atoms with Crippen molar-refractivity contribution in [1.82, 2.24) is 10.3 Å². The van der Waals surface area contributed by atoms with E-state index in [1.807, 2.05) is 24.3 Å². The first kappa shape index (κ1) is 14.1. The van der Waals surface area contributed by atoms with Crippen LogP contribution in [0.25, 0.3) is 11.1 Å². The molecule has 0 spiro atoms. The van der Waals surface area contributed by atoms with Gasteiger partial charge in [0.15, 0.2) is 0 Å². The molecule has 2 aromatic rings. The highest BCUT2D eigenvalue weighted by atomic mass is 16.3. The highest BCUT2D eigenvalue weighted by molar-refractivity contribution is 5.65. The predicted octanol–water partition coefficient (Wildman–Crippen LogP) is 3.53. The number of phenols is 1. The van der Waals surface area contributed by atoms with Crippen LogP contribution in [-0.4, -0.2) is 22.7 Å². The average molecular weight is 282 g/mol. The molecular formula is C18H22N2O. The van der Waals surface area contributed by atoms with Crippen LogP contribution in [0.15, 0.2) is 42.7 Å². The van der Waals surface area contributed by atoms with E-state index in [0.29, 0.717) is 11.8 Å². The number of phenolic OH excluding ortho intramolecular Hbond substituents is 1. The Bertz CT molecular complexity index is 577. The average Bonchev–Trinajstić information content (AvgIpc) is 2.54. The van der Waals surface area contributed by atoms with Crippen LogP contribution < -0.4 is 5.32 Å². The normalized spacial score (nSPS) is 18.6. The minimum atomic E-state index is 0.343. The molecule has 0 radical (unpaired) electrons. The van der Waals surface area contributed by atoms with Crippen LogP contribution in [0.5, 0.6) is 5.75 Å². The molecule has 1 atom stereocenters. The number of nitrogens with zero attached hydrogens (tertiary/aromatic N) is 1. The lowest BCUT2D eigenvalue weighted by atomic mass is 9.96. The van der Waals surface area contributed by atoms with Crippen molar-refractivity contribution < 1.29 is 5.11 Å². The highest BCUT2D eigenvalue weighted by Gasteiger charge is 2.12. The Hall–Kier alpha value is -1.87. The molecule has 1 saturated heterocycles. The van der Waals surface area contributed by atoms with E-state index < -0.39 is 0 Å². The molecule has 3 heteroatoms. The Morgan fingerprint density at radius 3 is 2.71 bits per heavy atom. The Kier molecular flexibility index (Phi) is 4.51. The molecule has 0 aliphatic carbocycles. The molecular weight excluding hydrogens is 260 g/mol. The Morgan fingerprint density at radius 1 is 1.10 bits per heavy atom. The number of pyridine rings is 1. The van der Waals surface area contributed by atoms with Gasteiger partial charge in [-0.2, -0.15) is 0 Å². The lowest BCUT2D eigenvalue weighted by Gasteiger charge is -2.23. The number of rotatable bonds is 4. The lowest BCUT2D eigenvalue weighted by molar-refractivity contribution is 0.382. The maximum absolute atomic E-state index is 9.96. The molecule has 1 aromatic carbocycles. The van der Waals surface area contributed by atoms with Crippen LogP contribution in [0.2, 0.25) is 0 Å². The van der Waals surface area contributed by atoms with Crippen LogP contribution in [0.3, 0.4) is 0 Å². The molecule has 2 N–H and O–H groups in total. The van der Waals surface area contributed by atoms with E-state index in [9.17, 15) is 5.11 Å². The predicted molar refractivity (Wildman–Crippen MR) is 85.3 cm³/mol. The summed E-state index contributed by atoms with van der Waals surface area (Å²) in [7, 11) is 0. The summed E-state index contributed by atoms with van der Waals surface area (Å²) in [4.78, 5) is 4.04. The molecule has 1 fully saturated rings. The van der Waals surface area contributed by atoms with Crippen molar-refractivity contribution in [2.45, 2.75) is 38.1 Å². The monoisotopic (exact) mass is 282 g/mol. The summed E-state index contributed by atoms with van der Waals surface area (Å²) in [5.74, 6) is 0.343. The SMILES string of the molecule is Oc1cc(CC[C@@H]2CCCCN2)cc(-c2ccncc2)c1. The number of benzene rings is 1. The van der Waals surface area contributed by atoms with E-state index in [2.05, 4.69) is 16.4 Å². The van der Waals surface area contributed by atoms with Gasteiger partial charge in [0.1, 0.15) is 5.75 Å². The van der Waals surface area contributed by atoms with Gasteiger partial charge in [0.2, 0.25) is 0 Å². The highest BCUT2D eigenvalue weighted by Crippen LogP contribution is 2.26. The van der Waals surface area contributed by atoms with Crippen molar-refractivity contribution in [1.29, 1.82) is 0 Å². The van der Waals surface area contributed by atoms with Crippen LogP contribution in [0, 0.1) is 0 Å². The third kappa shape index (κ3) is 3.82. The van der Waals surface area contributed by atoms with Gasteiger partial charge in [0.25, 0.3) is 0 Å². The first-order valence-corrected chi connectivity index (χ1v) is 7.78. The summed E-state index contributed by atoms with van der Waals surface area (Å²) in [5.41, 5.74) is 3.36. The molecule has 3 nitrogen and oxygen atoms in total. The zero-order chi connectivity index (χ0) is 14.5. The summed E-state index contributed by atoms with van der Waals surface area (Å²) in [6, 6.07) is 10.5. The quantitative estimate of drug-likeness (QED) is 0.901.